The second kappa shape index (κ2) is 7.76. The molecule has 0 saturated carbocycles. The zero-order valence-electron chi connectivity index (χ0n) is 15.4. The lowest BCUT2D eigenvalue weighted by Gasteiger charge is -2.38. The Bertz CT molecular complexity index is 1030. The molecule has 1 aliphatic rings. The number of halogens is 2. The van der Waals surface area contributed by atoms with Crippen LogP contribution in [0.1, 0.15) is 24.2 Å². The molecular weight excluding hydrogens is 397 g/mol. The van der Waals surface area contributed by atoms with Crippen LogP contribution in [-0.2, 0) is 11.2 Å². The highest BCUT2D eigenvalue weighted by Gasteiger charge is 2.35. The molecule has 146 valence electrons. The quantitative estimate of drug-likeness (QED) is 0.589. The summed E-state index contributed by atoms with van der Waals surface area (Å²) in [6.45, 7) is 2.45. The lowest BCUT2D eigenvalue weighted by Crippen LogP contribution is -2.50. The number of hydrogen-bond donors (Lipinski definition) is 3. The minimum Gasteiger partial charge on any atom is -0.394 e. The zero-order valence-corrected chi connectivity index (χ0v) is 16.9. The van der Waals surface area contributed by atoms with E-state index in [1.54, 1.807) is 24.3 Å². The van der Waals surface area contributed by atoms with Crippen molar-refractivity contribution in [2.75, 3.05) is 18.5 Å². The summed E-state index contributed by atoms with van der Waals surface area (Å²) in [6, 6.07) is 12.1. The minimum atomic E-state index is -0.655. The number of anilines is 1. The number of H-pyrrole nitrogens is 1. The second-order valence-electron chi connectivity index (χ2n) is 7.07. The molecule has 2 heterocycles. The van der Waals surface area contributed by atoms with Crippen molar-refractivity contribution in [3.05, 3.63) is 63.8 Å². The van der Waals surface area contributed by atoms with Crippen molar-refractivity contribution in [1.82, 2.24) is 9.88 Å². The predicted octanol–water partition coefficient (Wildman–Crippen LogP) is 4.39. The summed E-state index contributed by atoms with van der Waals surface area (Å²) in [5.74, 6) is -0.251. The minimum absolute atomic E-state index is 0.0443. The van der Waals surface area contributed by atoms with Gasteiger partial charge in [-0.3, -0.25) is 9.69 Å². The third kappa shape index (κ3) is 3.51. The number of benzene rings is 2. The number of nitrogens with zero attached hydrogens (tertiary/aromatic N) is 1. The van der Waals surface area contributed by atoms with Crippen LogP contribution in [0.4, 0.5) is 5.69 Å². The molecule has 3 N–H and O–H groups in total. The van der Waals surface area contributed by atoms with Gasteiger partial charge in [-0.05, 0) is 55.3 Å². The van der Waals surface area contributed by atoms with E-state index in [9.17, 15) is 9.90 Å². The molecule has 1 aliphatic heterocycles. The van der Waals surface area contributed by atoms with Crippen LogP contribution in [0.15, 0.2) is 42.5 Å². The van der Waals surface area contributed by atoms with Crippen LogP contribution in [0.25, 0.3) is 10.9 Å². The van der Waals surface area contributed by atoms with E-state index < -0.39 is 6.04 Å². The number of aliphatic hydroxyl groups excluding tert-OH is 1. The van der Waals surface area contributed by atoms with E-state index in [0.717, 1.165) is 23.0 Å². The van der Waals surface area contributed by atoms with Gasteiger partial charge < -0.3 is 15.4 Å². The van der Waals surface area contributed by atoms with Crippen LogP contribution < -0.4 is 5.32 Å². The highest BCUT2D eigenvalue weighted by molar-refractivity contribution is 6.31. The Morgan fingerprint density at radius 3 is 2.82 bits per heavy atom. The van der Waals surface area contributed by atoms with Gasteiger partial charge in [0.15, 0.2) is 0 Å². The lowest BCUT2D eigenvalue weighted by molar-refractivity contribution is -0.124. The summed E-state index contributed by atoms with van der Waals surface area (Å²) in [4.78, 5) is 18.3. The van der Waals surface area contributed by atoms with Gasteiger partial charge in [0.25, 0.3) is 0 Å². The highest BCUT2D eigenvalue weighted by Crippen LogP contribution is 2.36. The van der Waals surface area contributed by atoms with Gasteiger partial charge >= 0.3 is 0 Å². The summed E-state index contributed by atoms with van der Waals surface area (Å²) in [5, 5.41) is 15.2. The SMILES string of the molecule is CC1c2[nH]c3ccc(Cl)cc3c2CCN1C(CO)C(=O)Nc1cccc(Cl)c1. The monoisotopic (exact) mass is 417 g/mol. The average molecular weight is 418 g/mol. The Hall–Kier alpha value is -2.05. The van der Waals surface area contributed by atoms with E-state index in [2.05, 4.69) is 10.3 Å². The Morgan fingerprint density at radius 2 is 2.07 bits per heavy atom. The van der Waals surface area contributed by atoms with Crippen LogP contribution in [0.5, 0.6) is 0 Å². The first-order valence-corrected chi connectivity index (χ1v) is 9.96. The van der Waals surface area contributed by atoms with Crippen molar-refractivity contribution in [3.8, 4) is 0 Å². The van der Waals surface area contributed by atoms with Gasteiger partial charge in [0.1, 0.15) is 6.04 Å². The first-order valence-electron chi connectivity index (χ1n) is 9.21. The number of carbonyl (C=O) groups excluding carboxylic acids is 1. The standard InChI is InChI=1S/C21H21Cl2N3O2/c1-12-20-16(17-10-14(23)5-6-18(17)25-20)7-8-26(12)19(11-27)21(28)24-15-4-2-3-13(22)9-15/h2-6,9-10,12,19,25,27H,7-8,11H2,1H3,(H,24,28). The molecule has 5 nitrogen and oxygen atoms in total. The maximum Gasteiger partial charge on any atom is 0.244 e. The Kier molecular flexibility index (Phi) is 5.34. The second-order valence-corrected chi connectivity index (χ2v) is 7.94. The number of aromatic amines is 1. The molecule has 4 rings (SSSR count). The molecule has 2 atom stereocenters. The number of aliphatic hydroxyl groups is 1. The molecule has 0 fully saturated rings. The first-order chi connectivity index (χ1) is 13.5. The van der Waals surface area contributed by atoms with Crippen molar-refractivity contribution in [3.63, 3.8) is 0 Å². The van der Waals surface area contributed by atoms with Crippen molar-refractivity contribution < 1.29 is 9.90 Å². The van der Waals surface area contributed by atoms with E-state index in [4.69, 9.17) is 23.2 Å². The molecule has 2 aromatic carbocycles. The van der Waals surface area contributed by atoms with Crippen molar-refractivity contribution in [1.29, 1.82) is 0 Å². The van der Waals surface area contributed by atoms with Crippen molar-refractivity contribution in [2.45, 2.75) is 25.4 Å². The lowest BCUT2D eigenvalue weighted by atomic mass is 9.96. The topological polar surface area (TPSA) is 68.4 Å². The molecular formula is C21H21Cl2N3O2. The summed E-state index contributed by atoms with van der Waals surface area (Å²) >= 11 is 12.2. The molecule has 3 aromatic rings. The number of hydrogen-bond acceptors (Lipinski definition) is 3. The van der Waals surface area contributed by atoms with E-state index in [1.165, 1.54) is 5.56 Å². The van der Waals surface area contributed by atoms with Gasteiger partial charge in [-0.1, -0.05) is 29.3 Å². The van der Waals surface area contributed by atoms with Crippen LogP contribution >= 0.6 is 23.2 Å². The van der Waals surface area contributed by atoms with Gasteiger partial charge in [-0.25, -0.2) is 0 Å². The van der Waals surface area contributed by atoms with Crippen molar-refractivity contribution in [2.24, 2.45) is 0 Å². The fraction of sp³-hybridized carbons (Fsp3) is 0.286. The maximum absolute atomic E-state index is 12.8. The largest absolute Gasteiger partial charge is 0.394 e. The van der Waals surface area contributed by atoms with Crippen molar-refractivity contribution >= 4 is 45.7 Å². The molecule has 28 heavy (non-hydrogen) atoms. The van der Waals surface area contributed by atoms with Gasteiger partial charge in [0.05, 0.1) is 6.61 Å². The number of carbonyl (C=O) groups is 1. The summed E-state index contributed by atoms with van der Waals surface area (Å²) in [5.41, 5.74) is 3.94. The maximum atomic E-state index is 12.8. The average Bonchev–Trinajstić information content (AvgIpc) is 3.03. The van der Waals surface area contributed by atoms with Gasteiger partial charge in [0, 0.05) is 44.9 Å². The number of amides is 1. The Balaban J connectivity index is 1.59. The summed E-state index contributed by atoms with van der Waals surface area (Å²) in [7, 11) is 0. The van der Waals surface area contributed by atoms with Crippen LogP contribution in [0.3, 0.4) is 0 Å². The molecule has 0 radical (unpaired) electrons. The molecule has 0 spiro atoms. The molecule has 0 bridgehead atoms. The fourth-order valence-corrected chi connectivity index (χ4v) is 4.39. The van der Waals surface area contributed by atoms with Gasteiger partial charge in [-0.15, -0.1) is 0 Å². The normalized spacial score (nSPS) is 18.1. The molecule has 0 saturated heterocycles. The van der Waals surface area contributed by atoms with E-state index in [-0.39, 0.29) is 18.6 Å². The highest BCUT2D eigenvalue weighted by atomic mass is 35.5. The third-order valence-corrected chi connectivity index (χ3v) is 5.87. The number of fused-ring (bicyclic) bond motifs is 3. The van der Waals surface area contributed by atoms with Gasteiger partial charge in [0.2, 0.25) is 5.91 Å². The number of aromatic nitrogens is 1. The molecule has 1 amide bonds. The third-order valence-electron chi connectivity index (χ3n) is 5.40. The molecule has 0 aliphatic carbocycles. The number of nitrogens with one attached hydrogen (secondary N) is 2. The van der Waals surface area contributed by atoms with E-state index in [1.807, 2.05) is 30.0 Å². The Labute approximate surface area is 173 Å². The zero-order chi connectivity index (χ0) is 19.8. The predicted molar refractivity (Wildman–Crippen MR) is 113 cm³/mol. The first kappa shape index (κ1) is 19.3. The van der Waals surface area contributed by atoms with E-state index in [0.29, 0.717) is 22.3 Å². The molecule has 1 aromatic heterocycles. The molecule has 2 unspecified atom stereocenters. The fourth-order valence-electron chi connectivity index (χ4n) is 4.02. The summed E-state index contributed by atoms with van der Waals surface area (Å²) < 4.78 is 0. The van der Waals surface area contributed by atoms with E-state index >= 15 is 0 Å². The summed E-state index contributed by atoms with van der Waals surface area (Å²) in [6.07, 6.45) is 0.779. The molecule has 7 heteroatoms. The number of rotatable bonds is 4. The smallest absolute Gasteiger partial charge is 0.244 e. The van der Waals surface area contributed by atoms with Crippen LogP contribution in [-0.4, -0.2) is 40.1 Å². The van der Waals surface area contributed by atoms with Gasteiger partial charge in [-0.2, -0.15) is 0 Å². The van der Waals surface area contributed by atoms with Crippen LogP contribution in [0, 0.1) is 0 Å². The Morgan fingerprint density at radius 1 is 1.29 bits per heavy atom. The van der Waals surface area contributed by atoms with Crippen LogP contribution in [0.2, 0.25) is 10.0 Å².